The van der Waals surface area contributed by atoms with Gasteiger partial charge in [0.1, 0.15) is 5.82 Å². The Morgan fingerprint density at radius 3 is 2.69 bits per heavy atom. The van der Waals surface area contributed by atoms with Gasteiger partial charge in [-0.2, -0.15) is 0 Å². The minimum Gasteiger partial charge on any atom is -0.393 e. The maximum atomic E-state index is 13.5. The summed E-state index contributed by atoms with van der Waals surface area (Å²) in [5, 5.41) is 9.11. The highest BCUT2D eigenvalue weighted by Gasteiger charge is 2.09. The van der Waals surface area contributed by atoms with Gasteiger partial charge >= 0.3 is 0 Å². The van der Waals surface area contributed by atoms with Crippen molar-refractivity contribution in [1.82, 2.24) is 0 Å². The number of halogens is 2. The molecule has 0 spiro atoms. The largest absolute Gasteiger partial charge is 0.393 e. The topological polar surface area (TPSA) is 20.2 Å². The van der Waals surface area contributed by atoms with E-state index in [0.717, 1.165) is 4.47 Å². The van der Waals surface area contributed by atoms with Gasteiger partial charge in [-0.25, -0.2) is 4.39 Å². The van der Waals surface area contributed by atoms with Gasteiger partial charge < -0.3 is 5.11 Å². The molecule has 3 heteroatoms. The van der Waals surface area contributed by atoms with E-state index in [9.17, 15) is 4.39 Å². The van der Waals surface area contributed by atoms with E-state index >= 15 is 0 Å². The molecule has 1 atom stereocenters. The second-order valence-electron chi connectivity index (χ2n) is 3.20. The van der Waals surface area contributed by atoms with E-state index in [2.05, 4.69) is 15.9 Å². The normalized spacial score (nSPS) is 13.0. The fourth-order valence-corrected chi connectivity index (χ4v) is 1.50. The molecule has 0 saturated carbocycles. The van der Waals surface area contributed by atoms with Gasteiger partial charge in [-0.1, -0.05) is 22.0 Å². The molecule has 1 nitrogen and oxygen atoms in total. The fraction of sp³-hybridized carbons (Fsp3) is 0.400. The molecule has 0 aromatic heterocycles. The van der Waals surface area contributed by atoms with Crippen LogP contribution in [0.15, 0.2) is 16.6 Å². The minimum atomic E-state index is -0.505. The van der Waals surface area contributed by atoms with Crippen molar-refractivity contribution in [2.45, 2.75) is 26.4 Å². The Bertz CT molecular complexity index is 310. The Labute approximate surface area is 85.7 Å². The molecule has 72 valence electrons. The Morgan fingerprint density at radius 2 is 2.15 bits per heavy atom. The molecule has 0 amide bonds. The van der Waals surface area contributed by atoms with Crippen molar-refractivity contribution in [1.29, 1.82) is 0 Å². The van der Waals surface area contributed by atoms with Gasteiger partial charge in [0.25, 0.3) is 0 Å². The lowest BCUT2D eigenvalue weighted by Crippen LogP contribution is -2.06. The molecular weight excluding hydrogens is 235 g/mol. The van der Waals surface area contributed by atoms with Crippen molar-refractivity contribution in [3.63, 3.8) is 0 Å². The Morgan fingerprint density at radius 1 is 1.54 bits per heavy atom. The summed E-state index contributed by atoms with van der Waals surface area (Å²) in [6.07, 6.45) is -0.143. The predicted molar refractivity (Wildman–Crippen MR) is 54.2 cm³/mol. The van der Waals surface area contributed by atoms with Gasteiger partial charge in [0.05, 0.1) is 6.10 Å². The van der Waals surface area contributed by atoms with Gasteiger partial charge in [0, 0.05) is 10.9 Å². The highest BCUT2D eigenvalue weighted by atomic mass is 79.9. The zero-order valence-electron chi connectivity index (χ0n) is 7.64. The summed E-state index contributed by atoms with van der Waals surface area (Å²) in [5.74, 6) is -0.227. The van der Waals surface area contributed by atoms with Crippen molar-refractivity contribution < 1.29 is 9.50 Å². The summed E-state index contributed by atoms with van der Waals surface area (Å²) < 4.78 is 14.2. The van der Waals surface area contributed by atoms with Gasteiger partial charge in [-0.15, -0.1) is 0 Å². The third-order valence-electron chi connectivity index (χ3n) is 1.92. The van der Waals surface area contributed by atoms with E-state index in [-0.39, 0.29) is 5.82 Å². The molecule has 0 aliphatic carbocycles. The van der Waals surface area contributed by atoms with Gasteiger partial charge in [-0.3, -0.25) is 0 Å². The predicted octanol–water partition coefficient (Wildman–Crippen LogP) is 2.82. The summed E-state index contributed by atoms with van der Waals surface area (Å²) in [5.41, 5.74) is 1.16. The summed E-state index contributed by atoms with van der Waals surface area (Å²) in [6.45, 7) is 3.36. The Hall–Kier alpha value is -0.410. The number of rotatable bonds is 2. The number of aliphatic hydroxyl groups excluding tert-OH is 1. The van der Waals surface area contributed by atoms with Crippen molar-refractivity contribution in [2.75, 3.05) is 0 Å². The molecule has 1 unspecified atom stereocenters. The first kappa shape index (κ1) is 10.7. The van der Waals surface area contributed by atoms with Crippen LogP contribution in [0.1, 0.15) is 18.1 Å². The van der Waals surface area contributed by atoms with Crippen LogP contribution in [-0.2, 0) is 6.42 Å². The molecule has 0 fully saturated rings. The van der Waals surface area contributed by atoms with Crippen LogP contribution in [0.5, 0.6) is 0 Å². The first-order valence-electron chi connectivity index (χ1n) is 4.14. The van der Waals surface area contributed by atoms with Crippen LogP contribution >= 0.6 is 15.9 Å². The van der Waals surface area contributed by atoms with Gasteiger partial charge in [-0.05, 0) is 31.0 Å². The number of hydrogen-bond acceptors (Lipinski definition) is 1. The average molecular weight is 247 g/mol. The van der Waals surface area contributed by atoms with Crippen LogP contribution in [0, 0.1) is 12.7 Å². The number of hydrogen-bond donors (Lipinski definition) is 1. The molecule has 0 heterocycles. The molecule has 1 aromatic rings. The first-order valence-corrected chi connectivity index (χ1v) is 4.93. The summed E-state index contributed by atoms with van der Waals surface area (Å²) >= 11 is 3.24. The summed E-state index contributed by atoms with van der Waals surface area (Å²) in [4.78, 5) is 0. The fourth-order valence-electron chi connectivity index (χ4n) is 1.19. The average Bonchev–Trinajstić information content (AvgIpc) is 2.06. The molecule has 0 radical (unpaired) electrons. The van der Waals surface area contributed by atoms with Crippen LogP contribution in [0.2, 0.25) is 0 Å². The molecule has 0 aliphatic heterocycles. The lowest BCUT2D eigenvalue weighted by Gasteiger charge is -2.08. The van der Waals surface area contributed by atoms with E-state index in [4.69, 9.17) is 5.11 Å². The van der Waals surface area contributed by atoms with E-state index in [1.54, 1.807) is 26.0 Å². The quantitative estimate of drug-likeness (QED) is 0.851. The SMILES string of the molecule is Cc1c(Br)ccc(CC(C)O)c1F. The lowest BCUT2D eigenvalue weighted by molar-refractivity contribution is 0.194. The zero-order valence-corrected chi connectivity index (χ0v) is 9.23. The second kappa shape index (κ2) is 4.20. The van der Waals surface area contributed by atoms with Crippen molar-refractivity contribution in [3.05, 3.63) is 33.5 Å². The molecule has 0 aliphatic rings. The van der Waals surface area contributed by atoms with Gasteiger partial charge in [0.15, 0.2) is 0 Å². The van der Waals surface area contributed by atoms with Crippen molar-refractivity contribution >= 4 is 15.9 Å². The van der Waals surface area contributed by atoms with Crippen LogP contribution in [0.25, 0.3) is 0 Å². The molecule has 1 aromatic carbocycles. The molecular formula is C10H12BrFO. The molecule has 0 saturated heterocycles. The molecule has 0 bridgehead atoms. The highest BCUT2D eigenvalue weighted by molar-refractivity contribution is 9.10. The minimum absolute atomic E-state index is 0.227. The van der Waals surface area contributed by atoms with Crippen LogP contribution < -0.4 is 0 Å². The van der Waals surface area contributed by atoms with Crippen molar-refractivity contribution in [2.24, 2.45) is 0 Å². The molecule has 1 rings (SSSR count). The van der Waals surface area contributed by atoms with E-state index in [1.165, 1.54) is 0 Å². The number of benzene rings is 1. The Balaban J connectivity index is 3.04. The third kappa shape index (κ3) is 2.51. The summed E-state index contributed by atoms with van der Waals surface area (Å²) in [7, 11) is 0. The maximum Gasteiger partial charge on any atom is 0.130 e. The van der Waals surface area contributed by atoms with E-state index in [0.29, 0.717) is 17.5 Å². The first-order chi connectivity index (χ1) is 6.02. The monoisotopic (exact) mass is 246 g/mol. The van der Waals surface area contributed by atoms with Crippen molar-refractivity contribution in [3.8, 4) is 0 Å². The molecule has 1 N–H and O–H groups in total. The van der Waals surface area contributed by atoms with Gasteiger partial charge in [0.2, 0.25) is 0 Å². The summed E-state index contributed by atoms with van der Waals surface area (Å²) in [6, 6.07) is 3.50. The maximum absolute atomic E-state index is 13.5. The number of aliphatic hydroxyl groups is 1. The van der Waals surface area contributed by atoms with Crippen LogP contribution in [-0.4, -0.2) is 11.2 Å². The molecule has 13 heavy (non-hydrogen) atoms. The smallest absolute Gasteiger partial charge is 0.130 e. The highest BCUT2D eigenvalue weighted by Crippen LogP contribution is 2.22. The zero-order chi connectivity index (χ0) is 10.0. The van der Waals surface area contributed by atoms with E-state index < -0.39 is 6.10 Å². The van der Waals surface area contributed by atoms with Crippen LogP contribution in [0.4, 0.5) is 4.39 Å². The standard InChI is InChI=1S/C10H12BrFO/c1-6(13)5-8-3-4-9(11)7(2)10(8)12/h3-4,6,13H,5H2,1-2H3. The van der Waals surface area contributed by atoms with Crippen LogP contribution in [0.3, 0.4) is 0 Å². The lowest BCUT2D eigenvalue weighted by atomic mass is 10.1. The third-order valence-corrected chi connectivity index (χ3v) is 2.77. The second-order valence-corrected chi connectivity index (χ2v) is 4.05. The Kier molecular flexibility index (Phi) is 3.45. The van der Waals surface area contributed by atoms with E-state index in [1.807, 2.05) is 0 Å².